The van der Waals surface area contributed by atoms with Gasteiger partial charge in [0.15, 0.2) is 0 Å². The van der Waals surface area contributed by atoms with Gasteiger partial charge in [0.2, 0.25) is 0 Å². The third-order valence-electron chi connectivity index (χ3n) is 14.2. The van der Waals surface area contributed by atoms with E-state index in [9.17, 15) is 0 Å². The van der Waals surface area contributed by atoms with Crippen LogP contribution in [0.5, 0.6) is 0 Å². The number of aromatic nitrogens is 1. The van der Waals surface area contributed by atoms with E-state index in [1.165, 1.54) is 70.8 Å². The molecule has 0 amide bonds. The maximum absolute atomic E-state index is 6.35. The van der Waals surface area contributed by atoms with Crippen molar-refractivity contribution < 1.29 is 4.42 Å². The van der Waals surface area contributed by atoms with Crippen LogP contribution in [-0.2, 0) is 0 Å². The zero-order chi connectivity index (χ0) is 45.4. The first kappa shape index (κ1) is 39.0. The van der Waals surface area contributed by atoms with Gasteiger partial charge in [0.05, 0.1) is 11.0 Å². The van der Waals surface area contributed by atoms with E-state index in [2.05, 4.69) is 252 Å². The maximum atomic E-state index is 6.35. The molecule has 12 aromatic carbocycles. The third-order valence-corrected chi connectivity index (χ3v) is 14.2. The van der Waals surface area contributed by atoms with Gasteiger partial charge in [0, 0.05) is 44.3 Å². The second-order valence-electron chi connectivity index (χ2n) is 18.1. The van der Waals surface area contributed by atoms with Gasteiger partial charge in [-0.1, -0.05) is 170 Å². The van der Waals surface area contributed by atoms with Crippen molar-refractivity contribution in [1.82, 2.24) is 4.57 Å². The molecule has 0 fully saturated rings. The Kier molecular flexibility index (Phi) is 8.90. The van der Waals surface area contributed by atoms with Gasteiger partial charge < -0.3 is 13.9 Å². The first-order chi connectivity index (χ1) is 34.2. The van der Waals surface area contributed by atoms with Crippen molar-refractivity contribution in [2.45, 2.75) is 0 Å². The van der Waals surface area contributed by atoms with Crippen LogP contribution >= 0.6 is 0 Å². The van der Waals surface area contributed by atoms with Crippen LogP contribution in [0.4, 0.5) is 17.1 Å². The number of rotatable bonds is 7. The van der Waals surface area contributed by atoms with Crippen LogP contribution in [0.1, 0.15) is 0 Å². The van der Waals surface area contributed by atoms with E-state index in [0.29, 0.717) is 0 Å². The second-order valence-corrected chi connectivity index (χ2v) is 18.1. The smallest absolute Gasteiger partial charge is 0.136 e. The number of para-hydroxylation sites is 3. The van der Waals surface area contributed by atoms with Crippen LogP contribution in [0.2, 0.25) is 0 Å². The summed E-state index contributed by atoms with van der Waals surface area (Å²) in [6, 6.07) is 92.5. The monoisotopic (exact) mass is 878 g/mol. The normalized spacial score (nSPS) is 11.8. The van der Waals surface area contributed by atoms with E-state index in [1.807, 2.05) is 12.1 Å². The fourth-order valence-corrected chi connectivity index (χ4v) is 10.9. The minimum absolute atomic E-state index is 0.890. The molecule has 3 nitrogen and oxygen atoms in total. The van der Waals surface area contributed by atoms with Gasteiger partial charge >= 0.3 is 0 Å². The summed E-state index contributed by atoms with van der Waals surface area (Å²) in [5.41, 5.74) is 15.5. The molecule has 0 saturated heterocycles. The Morgan fingerprint density at radius 1 is 0.246 bits per heavy atom. The number of anilines is 3. The molecule has 0 radical (unpaired) electrons. The fraction of sp³-hybridized carbons (Fsp3) is 0. The van der Waals surface area contributed by atoms with E-state index < -0.39 is 0 Å². The molecule has 2 aromatic heterocycles. The van der Waals surface area contributed by atoms with Gasteiger partial charge in [0.1, 0.15) is 11.2 Å². The molecule has 0 aliphatic carbocycles. The summed E-state index contributed by atoms with van der Waals surface area (Å²) in [5, 5.41) is 12.3. The Balaban J connectivity index is 0.852. The number of fused-ring (bicyclic) bond motifs is 12. The van der Waals surface area contributed by atoms with Crippen LogP contribution in [-0.4, -0.2) is 4.57 Å². The van der Waals surface area contributed by atoms with Crippen LogP contribution < -0.4 is 4.90 Å². The molecular weight excluding hydrogens is 837 g/mol. The molecule has 3 heteroatoms. The number of hydrogen-bond donors (Lipinski definition) is 0. The fourth-order valence-electron chi connectivity index (χ4n) is 10.9. The summed E-state index contributed by atoms with van der Waals surface area (Å²) >= 11 is 0. The van der Waals surface area contributed by atoms with Gasteiger partial charge in [-0.15, -0.1) is 0 Å². The third kappa shape index (κ3) is 6.43. The summed E-state index contributed by atoms with van der Waals surface area (Å²) in [6.45, 7) is 0. The lowest BCUT2D eigenvalue weighted by atomic mass is 9.94. The highest BCUT2D eigenvalue weighted by atomic mass is 16.3. The quantitative estimate of drug-likeness (QED) is 0.149. The van der Waals surface area contributed by atoms with Gasteiger partial charge in [-0.05, 0) is 151 Å². The molecule has 0 aliphatic rings. The molecule has 69 heavy (non-hydrogen) atoms. The summed E-state index contributed by atoms with van der Waals surface area (Å²) in [4.78, 5) is 2.39. The van der Waals surface area contributed by atoms with E-state index in [1.54, 1.807) is 0 Å². The Hall–Kier alpha value is -9.18. The number of furan rings is 1. The molecule has 14 aromatic rings. The Labute approximate surface area is 399 Å². The SMILES string of the molecule is c1cc(-c2ccc(N(c3cccc(-c4ccc5c(c4)oc4ccccc45)c3)c3ccc4c5ccccc5c5ccccc5c4c3)cc2)cc(-c2ccc(-n3c4ccccc4c4ccccc43)cc2)c1. The van der Waals surface area contributed by atoms with Gasteiger partial charge in [-0.3, -0.25) is 0 Å². The first-order valence-corrected chi connectivity index (χ1v) is 23.6. The lowest BCUT2D eigenvalue weighted by Gasteiger charge is -2.27. The molecule has 0 spiro atoms. The molecular formula is C66H42N2O. The predicted octanol–water partition coefficient (Wildman–Crippen LogP) is 18.6. The standard InChI is InChI=1S/C66H42N2O/c1-2-19-55-53(17-1)54-18-3-4-20-56(54)62-42-52(36-38-57(55)62)67(51-16-12-15-47(40-51)48-31-37-61-60-23-7-10-26-65(60)69-66(61)41-48)49-32-27-43(28-33-49)45-13-11-14-46(39-45)44-29-34-50(35-30-44)68-63-24-8-5-21-58(63)59-22-6-9-25-64(59)68/h1-42H. The molecule has 0 saturated carbocycles. The summed E-state index contributed by atoms with van der Waals surface area (Å²) in [6.07, 6.45) is 0. The molecule has 0 unspecified atom stereocenters. The summed E-state index contributed by atoms with van der Waals surface area (Å²) < 4.78 is 8.72. The first-order valence-electron chi connectivity index (χ1n) is 23.6. The topological polar surface area (TPSA) is 21.3 Å². The van der Waals surface area contributed by atoms with Crippen LogP contribution in [0.3, 0.4) is 0 Å². The van der Waals surface area contributed by atoms with E-state index in [4.69, 9.17) is 4.42 Å². The van der Waals surface area contributed by atoms with Crippen molar-refractivity contribution >= 4 is 93.1 Å². The van der Waals surface area contributed by atoms with Crippen molar-refractivity contribution in [1.29, 1.82) is 0 Å². The van der Waals surface area contributed by atoms with Crippen molar-refractivity contribution in [3.63, 3.8) is 0 Å². The second kappa shape index (κ2) is 15.7. The molecule has 2 heterocycles. The molecule has 0 aliphatic heterocycles. The lowest BCUT2D eigenvalue weighted by Crippen LogP contribution is -2.10. The van der Waals surface area contributed by atoms with Crippen LogP contribution in [0, 0.1) is 0 Å². The van der Waals surface area contributed by atoms with Gasteiger partial charge in [-0.2, -0.15) is 0 Å². The minimum Gasteiger partial charge on any atom is -0.456 e. The average Bonchev–Trinajstić information content (AvgIpc) is 3.97. The Morgan fingerprint density at radius 2 is 0.681 bits per heavy atom. The minimum atomic E-state index is 0.890. The highest BCUT2D eigenvalue weighted by Crippen LogP contribution is 2.43. The largest absolute Gasteiger partial charge is 0.456 e. The van der Waals surface area contributed by atoms with Gasteiger partial charge in [0.25, 0.3) is 0 Å². The van der Waals surface area contributed by atoms with Crippen molar-refractivity contribution in [3.05, 3.63) is 255 Å². The number of benzene rings is 12. The van der Waals surface area contributed by atoms with Crippen LogP contribution in [0.25, 0.3) is 115 Å². The van der Waals surface area contributed by atoms with Crippen molar-refractivity contribution in [2.75, 3.05) is 4.90 Å². The van der Waals surface area contributed by atoms with E-state index >= 15 is 0 Å². The zero-order valence-corrected chi connectivity index (χ0v) is 37.6. The van der Waals surface area contributed by atoms with Gasteiger partial charge in [-0.25, -0.2) is 0 Å². The Bertz CT molecular complexity index is 4220. The molecule has 0 N–H and O–H groups in total. The highest BCUT2D eigenvalue weighted by molar-refractivity contribution is 6.26. The molecule has 322 valence electrons. The highest BCUT2D eigenvalue weighted by Gasteiger charge is 2.18. The van der Waals surface area contributed by atoms with Crippen molar-refractivity contribution in [2.24, 2.45) is 0 Å². The molecule has 0 atom stereocenters. The predicted molar refractivity (Wildman–Crippen MR) is 292 cm³/mol. The zero-order valence-electron chi connectivity index (χ0n) is 37.6. The number of nitrogens with zero attached hydrogens (tertiary/aromatic N) is 2. The lowest BCUT2D eigenvalue weighted by molar-refractivity contribution is 0.669. The van der Waals surface area contributed by atoms with E-state index in [0.717, 1.165) is 61.4 Å². The molecule has 14 rings (SSSR count). The summed E-state index contributed by atoms with van der Waals surface area (Å²) in [5.74, 6) is 0. The van der Waals surface area contributed by atoms with Crippen molar-refractivity contribution in [3.8, 4) is 39.1 Å². The molecule has 0 bridgehead atoms. The summed E-state index contributed by atoms with van der Waals surface area (Å²) in [7, 11) is 0. The Morgan fingerprint density at radius 3 is 1.33 bits per heavy atom. The van der Waals surface area contributed by atoms with Crippen LogP contribution in [0.15, 0.2) is 259 Å². The number of hydrogen-bond acceptors (Lipinski definition) is 2. The maximum Gasteiger partial charge on any atom is 0.136 e. The average molecular weight is 879 g/mol. The van der Waals surface area contributed by atoms with E-state index in [-0.39, 0.29) is 0 Å².